The summed E-state index contributed by atoms with van der Waals surface area (Å²) in [4.78, 5) is 67.9. The van der Waals surface area contributed by atoms with Crippen LogP contribution in [0.15, 0.2) is 106 Å². The Kier molecular flexibility index (Phi) is 17.6. The highest BCUT2D eigenvalue weighted by Gasteiger charge is 2.32. The van der Waals surface area contributed by atoms with Crippen molar-refractivity contribution < 1.29 is 78.8 Å². The second-order valence-corrected chi connectivity index (χ2v) is 14.4. The summed E-state index contributed by atoms with van der Waals surface area (Å²) >= 11 is 6.65. The maximum atomic E-state index is 12.7. The standard InChI is InChI=1S/C20H13BrF3N3O5.C17H11BrF3N3O2.C4H6O4/c1-31-19(30)18(29)9-17(28)14-7-4-12(21)8-15(14)27-16(10-25-26-27)11-2-5-13(6-3-11)32-20(22,23)24;1-10(25)14-7-4-12(18)8-15(14)24-16(9-22-23-24)11-2-5-13(6-3-11)26-17(19,20)21;1-7-3(5)4(6)8-2/h2-8,10H,9H2,1H3;2-9H,1H3;1-2H3. The number of methoxy groups -OCH3 is 3. The summed E-state index contributed by atoms with van der Waals surface area (Å²) in [5.74, 6) is -5.64. The fraction of sp³-hybridized carbons (Fsp3) is 0.171. The molecule has 0 fully saturated rings. The van der Waals surface area contributed by atoms with Crippen molar-refractivity contribution >= 4 is 67.1 Å². The topological polar surface area (TPSA) is 210 Å². The van der Waals surface area contributed by atoms with E-state index in [1.54, 1.807) is 30.3 Å². The Morgan fingerprint density at radius 2 is 0.939 bits per heavy atom. The number of Topliss-reactive ketones (excluding diaryl/α,β-unsaturated/α-hetero) is 3. The van der Waals surface area contributed by atoms with Gasteiger partial charge in [-0.05, 0) is 91.9 Å². The Morgan fingerprint density at radius 1 is 0.561 bits per heavy atom. The van der Waals surface area contributed by atoms with Gasteiger partial charge in [0.15, 0.2) is 11.6 Å². The van der Waals surface area contributed by atoms with E-state index in [2.05, 4.69) is 76.2 Å². The van der Waals surface area contributed by atoms with Crippen molar-refractivity contribution in [3.8, 4) is 45.4 Å². The number of halogens is 8. The van der Waals surface area contributed by atoms with E-state index in [9.17, 15) is 55.1 Å². The minimum Gasteiger partial charge on any atom is -0.463 e. The predicted octanol–water partition coefficient (Wildman–Crippen LogP) is 8.04. The molecule has 0 bridgehead atoms. The number of nitrogens with zero attached hydrogens (tertiary/aromatic N) is 6. The molecule has 0 aliphatic carbocycles. The highest BCUT2D eigenvalue weighted by molar-refractivity contribution is 9.10. The molecular weight excluding hydrogens is 1030 g/mol. The van der Waals surface area contributed by atoms with Gasteiger partial charge in [-0.25, -0.2) is 23.7 Å². The molecule has 2 heterocycles. The summed E-state index contributed by atoms with van der Waals surface area (Å²) in [6.45, 7) is 1.44. The number of hydrogen-bond donors (Lipinski definition) is 0. The number of ketones is 3. The first kappa shape index (κ1) is 51.4. The van der Waals surface area contributed by atoms with Gasteiger partial charge in [0.2, 0.25) is 5.78 Å². The third-order valence-electron chi connectivity index (χ3n) is 8.19. The van der Waals surface area contributed by atoms with Crippen molar-refractivity contribution in [1.29, 1.82) is 0 Å². The first-order valence-corrected chi connectivity index (χ1v) is 19.6. The van der Waals surface area contributed by atoms with E-state index in [0.29, 0.717) is 38.2 Å². The average molecular weight is 1060 g/mol. The Morgan fingerprint density at radius 3 is 1.30 bits per heavy atom. The van der Waals surface area contributed by atoms with Crippen LogP contribution in [0, 0.1) is 0 Å². The zero-order valence-electron chi connectivity index (χ0n) is 34.1. The van der Waals surface area contributed by atoms with Crippen LogP contribution in [0.4, 0.5) is 26.3 Å². The molecule has 17 nitrogen and oxygen atoms in total. The number of carbonyl (C=O) groups is 6. The summed E-state index contributed by atoms with van der Waals surface area (Å²) in [7, 11) is 3.25. The lowest BCUT2D eigenvalue weighted by atomic mass is 10.0. The number of carbonyl (C=O) groups excluding carboxylic acids is 6. The molecule has 2 aromatic heterocycles. The van der Waals surface area contributed by atoms with Gasteiger partial charge < -0.3 is 23.7 Å². The summed E-state index contributed by atoms with van der Waals surface area (Å²) in [5, 5.41) is 15.7. The molecule has 0 saturated heterocycles. The van der Waals surface area contributed by atoms with Crippen molar-refractivity contribution in [3.05, 3.63) is 117 Å². The summed E-state index contributed by atoms with van der Waals surface area (Å²) in [5.41, 5.74) is 3.15. The summed E-state index contributed by atoms with van der Waals surface area (Å²) < 4.78 is 98.1. The van der Waals surface area contributed by atoms with Crippen LogP contribution in [0.1, 0.15) is 34.1 Å². The molecule has 346 valence electrons. The van der Waals surface area contributed by atoms with Gasteiger partial charge in [0.1, 0.15) is 11.5 Å². The lowest BCUT2D eigenvalue weighted by Crippen LogP contribution is -2.20. The van der Waals surface area contributed by atoms with E-state index in [4.69, 9.17) is 0 Å². The Labute approximate surface area is 384 Å². The van der Waals surface area contributed by atoms with Gasteiger partial charge in [-0.2, -0.15) is 0 Å². The van der Waals surface area contributed by atoms with E-state index in [-0.39, 0.29) is 22.8 Å². The molecule has 66 heavy (non-hydrogen) atoms. The molecule has 0 radical (unpaired) electrons. The number of ether oxygens (including phenoxy) is 5. The molecule has 0 atom stereocenters. The molecule has 0 saturated carbocycles. The van der Waals surface area contributed by atoms with E-state index >= 15 is 0 Å². The SMILES string of the molecule is CC(=O)c1ccc(Br)cc1-n1nncc1-c1ccc(OC(F)(F)F)cc1.COC(=O)C(=O)CC(=O)c1ccc(Br)cc1-n1nncc1-c1ccc(OC(F)(F)F)cc1.COC(=O)C(=O)OC. The molecule has 6 rings (SSSR count). The van der Waals surface area contributed by atoms with Crippen LogP contribution in [-0.2, 0) is 33.4 Å². The first-order chi connectivity index (χ1) is 31.0. The normalized spacial score (nSPS) is 10.8. The van der Waals surface area contributed by atoms with Crippen LogP contribution < -0.4 is 9.47 Å². The van der Waals surface area contributed by atoms with Crippen molar-refractivity contribution in [3.63, 3.8) is 0 Å². The highest BCUT2D eigenvalue weighted by Crippen LogP contribution is 2.31. The number of alkyl halides is 6. The van der Waals surface area contributed by atoms with Crippen LogP contribution in [0.3, 0.4) is 0 Å². The number of hydrogen-bond acceptors (Lipinski definition) is 15. The fourth-order valence-corrected chi connectivity index (χ4v) is 6.06. The molecule has 4 aromatic carbocycles. The molecule has 0 unspecified atom stereocenters. The predicted molar refractivity (Wildman–Crippen MR) is 222 cm³/mol. The van der Waals surface area contributed by atoms with Crippen molar-refractivity contribution in [2.45, 2.75) is 26.1 Å². The van der Waals surface area contributed by atoms with Crippen LogP contribution in [0.25, 0.3) is 33.9 Å². The van der Waals surface area contributed by atoms with Crippen LogP contribution >= 0.6 is 31.9 Å². The Balaban J connectivity index is 0.000000251. The van der Waals surface area contributed by atoms with E-state index in [1.165, 1.54) is 71.1 Å². The zero-order valence-corrected chi connectivity index (χ0v) is 37.3. The van der Waals surface area contributed by atoms with Crippen molar-refractivity contribution in [2.75, 3.05) is 21.3 Å². The molecule has 6 aromatic rings. The summed E-state index contributed by atoms with van der Waals surface area (Å²) in [6, 6.07) is 20.0. The van der Waals surface area contributed by atoms with Gasteiger partial charge in [-0.15, -0.1) is 36.5 Å². The number of rotatable bonds is 11. The van der Waals surface area contributed by atoms with Gasteiger partial charge in [0, 0.05) is 31.2 Å². The van der Waals surface area contributed by atoms with Gasteiger partial charge in [-0.3, -0.25) is 14.4 Å². The van der Waals surface area contributed by atoms with Crippen LogP contribution in [0.2, 0.25) is 0 Å². The molecule has 0 aliphatic heterocycles. The quantitative estimate of drug-likeness (QED) is 0.0300. The Bertz CT molecular complexity index is 2710. The van der Waals surface area contributed by atoms with Gasteiger partial charge in [0.05, 0.1) is 62.9 Å². The molecule has 0 amide bonds. The lowest BCUT2D eigenvalue weighted by Gasteiger charge is -2.12. The van der Waals surface area contributed by atoms with Crippen LogP contribution in [-0.4, -0.2) is 99.3 Å². The van der Waals surface area contributed by atoms with E-state index in [0.717, 1.165) is 37.9 Å². The monoisotopic (exact) mass is 1050 g/mol. The minimum absolute atomic E-state index is 0.0780. The van der Waals surface area contributed by atoms with Crippen molar-refractivity contribution in [2.24, 2.45) is 0 Å². The second kappa shape index (κ2) is 22.6. The molecule has 0 aliphatic rings. The van der Waals surface area contributed by atoms with Gasteiger partial charge in [-0.1, -0.05) is 42.3 Å². The minimum atomic E-state index is -4.82. The fourth-order valence-electron chi connectivity index (χ4n) is 5.36. The lowest BCUT2D eigenvalue weighted by molar-refractivity contribution is -0.275. The van der Waals surface area contributed by atoms with Crippen molar-refractivity contribution in [1.82, 2.24) is 30.0 Å². The third kappa shape index (κ3) is 14.4. The highest BCUT2D eigenvalue weighted by atomic mass is 79.9. The maximum absolute atomic E-state index is 12.7. The Hall–Kier alpha value is -7.28. The zero-order chi connectivity index (χ0) is 48.9. The maximum Gasteiger partial charge on any atom is 0.573 e. The smallest absolute Gasteiger partial charge is 0.463 e. The number of benzene rings is 4. The number of esters is 3. The molecule has 25 heteroatoms. The molecule has 0 spiro atoms. The first-order valence-electron chi connectivity index (χ1n) is 18.0. The van der Waals surface area contributed by atoms with E-state index in [1.807, 2.05) is 0 Å². The number of aromatic nitrogens is 6. The van der Waals surface area contributed by atoms with E-state index < -0.39 is 54.4 Å². The average Bonchev–Trinajstić information content (AvgIpc) is 3.96. The summed E-state index contributed by atoms with van der Waals surface area (Å²) in [6.07, 6.45) is -7.47. The van der Waals surface area contributed by atoms with Gasteiger partial charge in [0.25, 0.3) is 0 Å². The largest absolute Gasteiger partial charge is 0.573 e. The van der Waals surface area contributed by atoms with Gasteiger partial charge >= 0.3 is 30.6 Å². The van der Waals surface area contributed by atoms with Crippen LogP contribution in [0.5, 0.6) is 11.5 Å². The second-order valence-electron chi connectivity index (χ2n) is 12.6. The third-order valence-corrected chi connectivity index (χ3v) is 9.18. The molecule has 0 N–H and O–H groups in total. The molecular formula is C41H30Br2F6N6O11.